The number of nitrogens with one attached hydrogen (secondary N) is 2. The Morgan fingerprint density at radius 3 is 1.29 bits per heavy atom. The SMILES string of the molecule is O=C(Cc1ccc(CC(=O)NC(C(=O)O)[C@@H]2CN3CCC2CC3)cc1)NC(C(=O)O)[C@@H]1CN2CCC1CC2. The van der Waals surface area contributed by atoms with Gasteiger partial charge in [0.05, 0.1) is 12.8 Å². The summed E-state index contributed by atoms with van der Waals surface area (Å²) in [6.45, 7) is 5.43. The van der Waals surface area contributed by atoms with Crippen LogP contribution in [0.1, 0.15) is 36.8 Å². The second-order valence-corrected chi connectivity index (χ2v) is 11.5. The van der Waals surface area contributed by atoms with Gasteiger partial charge < -0.3 is 30.6 Å². The van der Waals surface area contributed by atoms with Gasteiger partial charge >= 0.3 is 11.9 Å². The van der Waals surface area contributed by atoms with E-state index in [9.17, 15) is 29.4 Å². The maximum absolute atomic E-state index is 12.7. The van der Waals surface area contributed by atoms with Crippen LogP contribution in [-0.2, 0) is 32.0 Å². The summed E-state index contributed by atoms with van der Waals surface area (Å²) < 4.78 is 0. The molecule has 4 N–H and O–H groups in total. The highest BCUT2D eigenvalue weighted by Crippen LogP contribution is 2.35. The Balaban J connectivity index is 1.13. The molecule has 0 saturated carbocycles. The third-order valence-electron chi connectivity index (χ3n) is 9.19. The number of carbonyl (C=O) groups excluding carboxylic acids is 2. The Bertz CT molecular complexity index is 963. The molecule has 0 aromatic heterocycles. The molecule has 0 spiro atoms. The summed E-state index contributed by atoms with van der Waals surface area (Å²) in [4.78, 5) is 53.9. The van der Waals surface area contributed by atoms with Crippen molar-refractivity contribution in [1.82, 2.24) is 20.4 Å². The first-order valence-corrected chi connectivity index (χ1v) is 13.8. The van der Waals surface area contributed by atoms with Gasteiger partial charge in [0.25, 0.3) is 0 Å². The van der Waals surface area contributed by atoms with E-state index in [1.165, 1.54) is 0 Å². The van der Waals surface area contributed by atoms with E-state index in [2.05, 4.69) is 20.4 Å². The number of carboxylic acids is 2. The molecular formula is C28H38N4O6. The molecule has 4 atom stereocenters. The summed E-state index contributed by atoms with van der Waals surface area (Å²) in [7, 11) is 0. The molecule has 2 unspecified atom stereocenters. The maximum atomic E-state index is 12.7. The molecule has 38 heavy (non-hydrogen) atoms. The summed E-state index contributed by atoms with van der Waals surface area (Å²) in [5, 5.41) is 25.1. The first kappa shape index (κ1) is 26.6. The van der Waals surface area contributed by atoms with Crippen molar-refractivity contribution in [2.45, 2.75) is 50.6 Å². The van der Waals surface area contributed by atoms with Crippen LogP contribution in [0.5, 0.6) is 0 Å². The van der Waals surface area contributed by atoms with Gasteiger partial charge in [0.2, 0.25) is 11.8 Å². The molecular weight excluding hydrogens is 488 g/mol. The van der Waals surface area contributed by atoms with E-state index < -0.39 is 24.0 Å². The number of carboxylic acid groups (broad SMARTS) is 2. The lowest BCUT2D eigenvalue weighted by Crippen LogP contribution is -2.58. The molecule has 7 rings (SSSR count). The fraction of sp³-hybridized carbons (Fsp3) is 0.643. The van der Waals surface area contributed by atoms with Crippen molar-refractivity contribution < 1.29 is 29.4 Å². The number of amides is 2. The van der Waals surface area contributed by atoms with E-state index in [4.69, 9.17) is 0 Å². The molecule has 1 aromatic rings. The lowest BCUT2D eigenvalue weighted by atomic mass is 9.75. The molecule has 6 fully saturated rings. The predicted octanol–water partition coefficient (Wildman–Crippen LogP) is 0.594. The number of piperidine rings is 6. The van der Waals surface area contributed by atoms with Crippen molar-refractivity contribution in [3.05, 3.63) is 35.4 Å². The lowest BCUT2D eigenvalue weighted by Gasteiger charge is -2.46. The van der Waals surface area contributed by atoms with Crippen molar-refractivity contribution >= 4 is 23.8 Å². The van der Waals surface area contributed by atoms with Crippen LogP contribution in [0.25, 0.3) is 0 Å². The third-order valence-corrected chi connectivity index (χ3v) is 9.19. The van der Waals surface area contributed by atoms with Crippen LogP contribution >= 0.6 is 0 Å². The summed E-state index contributed by atoms with van der Waals surface area (Å²) in [6.07, 6.45) is 4.02. The summed E-state index contributed by atoms with van der Waals surface area (Å²) in [5.41, 5.74) is 1.45. The molecule has 10 heteroatoms. The maximum Gasteiger partial charge on any atom is 0.326 e. The molecule has 0 aliphatic carbocycles. The number of aliphatic carboxylic acids is 2. The Morgan fingerprint density at radius 1 is 0.684 bits per heavy atom. The van der Waals surface area contributed by atoms with E-state index in [1.807, 2.05) is 0 Å². The van der Waals surface area contributed by atoms with Crippen LogP contribution in [0.2, 0.25) is 0 Å². The zero-order valence-corrected chi connectivity index (χ0v) is 21.7. The number of benzene rings is 1. The van der Waals surface area contributed by atoms with Crippen LogP contribution in [0.15, 0.2) is 24.3 Å². The highest BCUT2D eigenvalue weighted by atomic mass is 16.4. The monoisotopic (exact) mass is 526 g/mol. The zero-order valence-electron chi connectivity index (χ0n) is 21.7. The molecule has 1 aromatic carbocycles. The smallest absolute Gasteiger partial charge is 0.326 e. The molecule has 6 heterocycles. The first-order valence-electron chi connectivity index (χ1n) is 13.8. The van der Waals surface area contributed by atoms with Crippen LogP contribution in [0, 0.1) is 23.7 Å². The van der Waals surface area contributed by atoms with Crippen molar-refractivity contribution in [2.75, 3.05) is 39.3 Å². The normalized spacial score (nSPS) is 31.3. The summed E-state index contributed by atoms with van der Waals surface area (Å²) in [6, 6.07) is 5.25. The van der Waals surface area contributed by atoms with Crippen LogP contribution in [0.3, 0.4) is 0 Å². The number of carbonyl (C=O) groups is 4. The Morgan fingerprint density at radius 2 is 1.03 bits per heavy atom. The fourth-order valence-electron chi connectivity index (χ4n) is 7.08. The minimum atomic E-state index is -0.989. The second-order valence-electron chi connectivity index (χ2n) is 11.5. The van der Waals surface area contributed by atoms with Gasteiger partial charge in [0.1, 0.15) is 12.1 Å². The average Bonchev–Trinajstić information content (AvgIpc) is 2.92. The molecule has 0 radical (unpaired) electrons. The first-order chi connectivity index (χ1) is 18.3. The van der Waals surface area contributed by atoms with E-state index >= 15 is 0 Å². The standard InChI is InChI=1S/C28H38N4O6/c33-23(29-25(27(35)36)21-15-31-9-5-19(21)6-10-31)13-17-1-2-18(4-3-17)14-24(34)30-26(28(37)38)22-16-32-11-7-20(22)8-12-32/h1-4,19-22,25-26H,5-16H2,(H,29,33)(H,30,34)(H,35,36)(H,37,38)/t21-,22-,25?,26?/m1/s1. The van der Waals surface area contributed by atoms with Crippen LogP contribution in [-0.4, -0.2) is 95.1 Å². The van der Waals surface area contributed by atoms with Gasteiger partial charge in [-0.15, -0.1) is 0 Å². The highest BCUT2D eigenvalue weighted by molar-refractivity contribution is 5.86. The molecule has 4 bridgehead atoms. The minimum Gasteiger partial charge on any atom is -0.480 e. The van der Waals surface area contributed by atoms with Gasteiger partial charge in [-0.05, 0) is 74.8 Å². The van der Waals surface area contributed by atoms with Crippen LogP contribution < -0.4 is 10.6 Å². The quantitative estimate of drug-likeness (QED) is 0.348. The minimum absolute atomic E-state index is 0.0536. The molecule has 6 saturated heterocycles. The van der Waals surface area contributed by atoms with Gasteiger partial charge in [-0.1, -0.05) is 24.3 Å². The number of fused-ring (bicyclic) bond motifs is 6. The van der Waals surface area contributed by atoms with E-state index in [-0.39, 0.29) is 36.5 Å². The summed E-state index contributed by atoms with van der Waals surface area (Å²) in [5.74, 6) is -2.13. The Kier molecular flexibility index (Phi) is 7.99. The topological polar surface area (TPSA) is 139 Å². The van der Waals surface area contributed by atoms with E-state index in [0.29, 0.717) is 24.9 Å². The number of nitrogens with zero attached hydrogens (tertiary/aromatic N) is 2. The molecule has 206 valence electrons. The summed E-state index contributed by atoms with van der Waals surface area (Å²) >= 11 is 0. The van der Waals surface area contributed by atoms with Crippen molar-refractivity contribution in [2.24, 2.45) is 23.7 Å². The zero-order chi connectivity index (χ0) is 26.8. The molecule has 10 nitrogen and oxygen atoms in total. The van der Waals surface area contributed by atoms with Gasteiger partial charge in [0.15, 0.2) is 0 Å². The fourth-order valence-corrected chi connectivity index (χ4v) is 7.08. The van der Waals surface area contributed by atoms with Crippen molar-refractivity contribution in [1.29, 1.82) is 0 Å². The Hall–Kier alpha value is -2.98. The van der Waals surface area contributed by atoms with Crippen LogP contribution in [0.4, 0.5) is 0 Å². The molecule has 6 aliphatic rings. The third kappa shape index (κ3) is 6.02. The van der Waals surface area contributed by atoms with Crippen molar-refractivity contribution in [3.63, 3.8) is 0 Å². The lowest BCUT2D eigenvalue weighted by molar-refractivity contribution is -0.146. The second kappa shape index (κ2) is 11.4. The number of hydrogen-bond donors (Lipinski definition) is 4. The highest BCUT2D eigenvalue weighted by Gasteiger charge is 2.43. The van der Waals surface area contributed by atoms with Gasteiger partial charge in [-0.2, -0.15) is 0 Å². The Labute approximate surface area is 222 Å². The molecule has 2 amide bonds. The average molecular weight is 527 g/mol. The number of rotatable bonds is 10. The van der Waals surface area contributed by atoms with Crippen molar-refractivity contribution in [3.8, 4) is 0 Å². The van der Waals surface area contributed by atoms with E-state index in [0.717, 1.165) is 63.0 Å². The van der Waals surface area contributed by atoms with Gasteiger partial charge in [-0.25, -0.2) is 9.59 Å². The molecule has 6 aliphatic heterocycles. The predicted molar refractivity (Wildman–Crippen MR) is 138 cm³/mol. The largest absolute Gasteiger partial charge is 0.480 e. The van der Waals surface area contributed by atoms with Gasteiger partial charge in [-0.3, -0.25) is 9.59 Å². The van der Waals surface area contributed by atoms with Gasteiger partial charge in [0, 0.05) is 24.9 Å². The number of hydrogen-bond acceptors (Lipinski definition) is 6. The van der Waals surface area contributed by atoms with E-state index in [1.54, 1.807) is 24.3 Å².